The summed E-state index contributed by atoms with van der Waals surface area (Å²) in [6.07, 6.45) is 7.29. The van der Waals surface area contributed by atoms with E-state index in [-0.39, 0.29) is 11.5 Å². The topological polar surface area (TPSA) is 18.5 Å². The molecule has 0 atom stereocenters. The number of hydrogen-bond acceptors (Lipinski definition) is 2. The molecular formula is C20H25F3O2. The minimum atomic E-state index is -4.72. The highest BCUT2D eigenvalue weighted by atomic mass is 19.4. The molecule has 0 amide bonds. The van der Waals surface area contributed by atoms with Gasteiger partial charge in [-0.2, -0.15) is 0 Å². The first kappa shape index (κ1) is 18.2. The van der Waals surface area contributed by atoms with Crippen LogP contribution in [0.3, 0.4) is 0 Å². The van der Waals surface area contributed by atoms with E-state index in [4.69, 9.17) is 4.74 Å². The van der Waals surface area contributed by atoms with Crippen LogP contribution in [0, 0.1) is 18.8 Å². The van der Waals surface area contributed by atoms with Gasteiger partial charge in [-0.1, -0.05) is 31.1 Å². The van der Waals surface area contributed by atoms with Crippen LogP contribution in [0.2, 0.25) is 0 Å². The smallest absolute Gasteiger partial charge is 0.489 e. The third-order valence-corrected chi connectivity index (χ3v) is 5.02. The fraction of sp³-hybridized carbons (Fsp3) is 0.600. The standard InChI is InChI=1S/C20H25F3O2/c1-14-17(8-4-7-15-5-2-3-6-15)11-12-18(24-13-16-9-10-16)19(14)25-20(21,22)23/h4,7,11-12,15-16H,2-3,5-6,8-10,13H2,1H3/b7-4+. The van der Waals surface area contributed by atoms with E-state index >= 15 is 0 Å². The zero-order valence-corrected chi connectivity index (χ0v) is 14.6. The first-order valence-corrected chi connectivity index (χ1v) is 9.10. The van der Waals surface area contributed by atoms with Gasteiger partial charge in [0.2, 0.25) is 0 Å². The van der Waals surface area contributed by atoms with Crippen LogP contribution in [0.5, 0.6) is 11.5 Å². The summed E-state index contributed by atoms with van der Waals surface area (Å²) >= 11 is 0. The molecule has 0 aromatic heterocycles. The molecule has 0 unspecified atom stereocenters. The average Bonchev–Trinajstić information content (AvgIpc) is 3.23. The number of ether oxygens (including phenoxy) is 2. The number of halogens is 3. The van der Waals surface area contributed by atoms with E-state index in [1.807, 2.05) is 6.07 Å². The Balaban J connectivity index is 1.74. The van der Waals surface area contributed by atoms with Gasteiger partial charge in [0.25, 0.3) is 0 Å². The van der Waals surface area contributed by atoms with E-state index in [2.05, 4.69) is 16.9 Å². The number of allylic oxidation sites excluding steroid dienone is 2. The van der Waals surface area contributed by atoms with Crippen LogP contribution in [0.4, 0.5) is 13.2 Å². The van der Waals surface area contributed by atoms with Crippen molar-refractivity contribution < 1.29 is 22.6 Å². The number of alkyl halides is 3. The van der Waals surface area contributed by atoms with Crippen LogP contribution in [-0.4, -0.2) is 13.0 Å². The van der Waals surface area contributed by atoms with Crippen LogP contribution in [-0.2, 0) is 6.42 Å². The lowest BCUT2D eigenvalue weighted by Crippen LogP contribution is -2.19. The van der Waals surface area contributed by atoms with Crippen molar-refractivity contribution in [2.75, 3.05) is 6.61 Å². The van der Waals surface area contributed by atoms with Gasteiger partial charge in [-0.25, -0.2) is 0 Å². The molecule has 0 radical (unpaired) electrons. The first-order valence-electron chi connectivity index (χ1n) is 9.10. The molecule has 0 saturated heterocycles. The summed E-state index contributed by atoms with van der Waals surface area (Å²) in [4.78, 5) is 0. The average molecular weight is 354 g/mol. The van der Waals surface area contributed by atoms with Gasteiger partial charge in [0, 0.05) is 0 Å². The summed E-state index contributed by atoms with van der Waals surface area (Å²) in [7, 11) is 0. The molecule has 0 heterocycles. The second-order valence-corrected chi connectivity index (χ2v) is 7.16. The summed E-state index contributed by atoms with van der Waals surface area (Å²) in [6, 6.07) is 3.45. The van der Waals surface area contributed by atoms with Gasteiger partial charge in [-0.3, -0.25) is 0 Å². The van der Waals surface area contributed by atoms with Crippen molar-refractivity contribution in [3.05, 3.63) is 35.4 Å². The Bertz CT molecular complexity index is 612. The van der Waals surface area contributed by atoms with Gasteiger partial charge in [-0.15, -0.1) is 13.2 Å². The quantitative estimate of drug-likeness (QED) is 0.562. The van der Waals surface area contributed by atoms with E-state index in [9.17, 15) is 13.2 Å². The first-order chi connectivity index (χ1) is 11.9. The molecule has 25 heavy (non-hydrogen) atoms. The molecule has 0 spiro atoms. The van der Waals surface area contributed by atoms with Crippen LogP contribution in [0.1, 0.15) is 49.7 Å². The summed E-state index contributed by atoms with van der Waals surface area (Å²) in [6.45, 7) is 2.12. The third kappa shape index (κ3) is 5.41. The molecule has 3 rings (SSSR count). The van der Waals surface area contributed by atoms with E-state index < -0.39 is 6.36 Å². The maximum Gasteiger partial charge on any atom is 0.573 e. The van der Waals surface area contributed by atoms with Crippen LogP contribution in [0.25, 0.3) is 0 Å². The maximum atomic E-state index is 12.8. The van der Waals surface area contributed by atoms with E-state index in [1.54, 1.807) is 13.0 Å². The normalized spacial score (nSPS) is 18.9. The largest absolute Gasteiger partial charge is 0.573 e. The molecule has 0 N–H and O–H groups in total. The zero-order chi connectivity index (χ0) is 17.9. The Morgan fingerprint density at radius 1 is 1.12 bits per heavy atom. The number of rotatable bonds is 7. The predicted octanol–water partition coefficient (Wildman–Crippen LogP) is 5.97. The minimum Gasteiger partial charge on any atom is -0.489 e. The molecule has 5 heteroatoms. The summed E-state index contributed by atoms with van der Waals surface area (Å²) < 4.78 is 48.3. The van der Waals surface area contributed by atoms with Crippen molar-refractivity contribution in [2.24, 2.45) is 11.8 Å². The van der Waals surface area contributed by atoms with Crippen molar-refractivity contribution in [1.29, 1.82) is 0 Å². The molecule has 2 nitrogen and oxygen atoms in total. The van der Waals surface area contributed by atoms with E-state index in [0.29, 0.717) is 30.4 Å². The molecule has 2 saturated carbocycles. The van der Waals surface area contributed by atoms with Crippen molar-refractivity contribution >= 4 is 0 Å². The Kier molecular flexibility index (Phi) is 5.60. The Labute approximate surface area is 147 Å². The Hall–Kier alpha value is -1.65. The molecule has 2 aliphatic rings. The minimum absolute atomic E-state index is 0.185. The second-order valence-electron chi connectivity index (χ2n) is 7.16. The van der Waals surface area contributed by atoms with Crippen molar-refractivity contribution in [1.82, 2.24) is 0 Å². The van der Waals surface area contributed by atoms with Crippen LogP contribution < -0.4 is 9.47 Å². The highest BCUT2D eigenvalue weighted by molar-refractivity contribution is 5.50. The van der Waals surface area contributed by atoms with Crippen molar-refractivity contribution in [2.45, 2.75) is 58.2 Å². The lowest BCUT2D eigenvalue weighted by atomic mass is 10.0. The Morgan fingerprint density at radius 3 is 2.48 bits per heavy atom. The lowest BCUT2D eigenvalue weighted by molar-refractivity contribution is -0.275. The van der Waals surface area contributed by atoms with Gasteiger partial charge >= 0.3 is 6.36 Å². The molecule has 2 aliphatic carbocycles. The molecule has 0 aliphatic heterocycles. The van der Waals surface area contributed by atoms with Gasteiger partial charge in [-0.05, 0) is 68.1 Å². The Morgan fingerprint density at radius 2 is 1.84 bits per heavy atom. The fourth-order valence-electron chi connectivity index (χ4n) is 3.31. The number of hydrogen-bond donors (Lipinski definition) is 0. The SMILES string of the molecule is Cc1c(C/C=C/C2CCCC2)ccc(OCC2CC2)c1OC(F)(F)F. The monoisotopic (exact) mass is 354 g/mol. The molecule has 138 valence electrons. The van der Waals surface area contributed by atoms with Gasteiger partial charge < -0.3 is 9.47 Å². The second kappa shape index (κ2) is 7.71. The van der Waals surface area contributed by atoms with Gasteiger partial charge in [0.05, 0.1) is 6.61 Å². The summed E-state index contributed by atoms with van der Waals surface area (Å²) in [5.74, 6) is 1.07. The molecule has 2 fully saturated rings. The zero-order valence-electron chi connectivity index (χ0n) is 14.6. The summed E-state index contributed by atoms with van der Waals surface area (Å²) in [5.41, 5.74) is 1.34. The lowest BCUT2D eigenvalue weighted by Gasteiger charge is -2.18. The van der Waals surface area contributed by atoms with Gasteiger partial charge in [0.1, 0.15) is 0 Å². The maximum absolute atomic E-state index is 12.8. The van der Waals surface area contributed by atoms with Gasteiger partial charge in [0.15, 0.2) is 11.5 Å². The van der Waals surface area contributed by atoms with Crippen LogP contribution >= 0.6 is 0 Å². The van der Waals surface area contributed by atoms with Crippen molar-refractivity contribution in [3.63, 3.8) is 0 Å². The molecule has 0 bridgehead atoms. The predicted molar refractivity (Wildman–Crippen MR) is 90.9 cm³/mol. The van der Waals surface area contributed by atoms with E-state index in [1.165, 1.54) is 25.7 Å². The van der Waals surface area contributed by atoms with Crippen LogP contribution in [0.15, 0.2) is 24.3 Å². The fourth-order valence-corrected chi connectivity index (χ4v) is 3.31. The third-order valence-electron chi connectivity index (χ3n) is 5.02. The highest BCUT2D eigenvalue weighted by Gasteiger charge is 2.34. The number of benzene rings is 1. The highest BCUT2D eigenvalue weighted by Crippen LogP contribution is 2.39. The summed E-state index contributed by atoms with van der Waals surface area (Å²) in [5, 5.41) is 0. The molecular weight excluding hydrogens is 329 g/mol. The molecule has 1 aromatic carbocycles. The molecule has 1 aromatic rings. The van der Waals surface area contributed by atoms with E-state index in [0.717, 1.165) is 18.4 Å². The van der Waals surface area contributed by atoms with Crippen molar-refractivity contribution in [3.8, 4) is 11.5 Å².